The molecule has 2 aromatic carbocycles. The van der Waals surface area contributed by atoms with Gasteiger partial charge in [-0.3, -0.25) is 9.59 Å². The number of nitrogens with zero attached hydrogens (tertiary/aromatic N) is 2. The Morgan fingerprint density at radius 1 is 1.09 bits per heavy atom. The van der Waals surface area contributed by atoms with Crippen molar-refractivity contribution < 1.29 is 18.0 Å². The second kappa shape index (κ2) is 10.4. The number of piperidine rings is 1. The molecule has 1 saturated heterocycles. The second-order valence-corrected chi connectivity index (χ2v) is 9.63. The third-order valence-electron chi connectivity index (χ3n) is 5.47. The number of rotatable bonds is 6. The average Bonchev–Trinajstić information content (AvgIpc) is 2.80. The molecule has 1 heterocycles. The van der Waals surface area contributed by atoms with Crippen LogP contribution in [0.3, 0.4) is 0 Å². The number of sulfonamides is 1. The summed E-state index contributed by atoms with van der Waals surface area (Å²) in [5, 5.41) is 14.1. The molecule has 1 aliphatic heterocycles. The van der Waals surface area contributed by atoms with Crippen molar-refractivity contribution in [3.8, 4) is 6.07 Å². The number of carbonyl (C=O) groups excluding carboxylic acids is 2. The van der Waals surface area contributed by atoms with E-state index in [1.807, 2.05) is 13.0 Å². The molecule has 1 unspecified atom stereocenters. The van der Waals surface area contributed by atoms with Crippen molar-refractivity contribution in [1.82, 2.24) is 9.62 Å². The quantitative estimate of drug-likeness (QED) is 0.650. The van der Waals surface area contributed by atoms with Crippen LogP contribution in [0, 0.1) is 18.3 Å². The first-order chi connectivity index (χ1) is 15.3. The predicted molar refractivity (Wildman–Crippen MR) is 120 cm³/mol. The molecule has 2 N–H and O–H groups in total. The maximum atomic E-state index is 13.1. The molecule has 0 spiro atoms. The van der Waals surface area contributed by atoms with Crippen LogP contribution < -0.4 is 10.6 Å². The van der Waals surface area contributed by atoms with Crippen LogP contribution in [0.5, 0.6) is 0 Å². The number of carbonyl (C=O) groups is 2. The molecular weight excluding hydrogens is 428 g/mol. The highest BCUT2D eigenvalue weighted by atomic mass is 32.2. The minimum Gasteiger partial charge on any atom is -0.348 e. The standard InChI is InChI=1S/C23H26N4O4S/c1-17-9-11-20(12-10-17)32(30,31)27-15-5-4-7-19(27)13-14-25-22(28)23(29)26-21-8-3-2-6-18(21)16-24/h2-3,6,8-12,19H,4-5,7,13-15H2,1H3,(H,25,28)(H,26,29). The smallest absolute Gasteiger partial charge is 0.313 e. The number of nitriles is 1. The van der Waals surface area contributed by atoms with Gasteiger partial charge in [0.25, 0.3) is 0 Å². The number of hydrogen-bond acceptors (Lipinski definition) is 5. The van der Waals surface area contributed by atoms with E-state index in [4.69, 9.17) is 5.26 Å². The van der Waals surface area contributed by atoms with Gasteiger partial charge in [0.2, 0.25) is 10.0 Å². The Labute approximate surface area is 188 Å². The first-order valence-electron chi connectivity index (χ1n) is 10.5. The number of hydrogen-bond donors (Lipinski definition) is 2. The van der Waals surface area contributed by atoms with E-state index >= 15 is 0 Å². The molecule has 9 heteroatoms. The van der Waals surface area contributed by atoms with Gasteiger partial charge in [0.05, 0.1) is 16.1 Å². The van der Waals surface area contributed by atoms with Gasteiger partial charge < -0.3 is 10.6 Å². The number of anilines is 1. The lowest BCUT2D eigenvalue weighted by atomic mass is 10.0. The highest BCUT2D eigenvalue weighted by molar-refractivity contribution is 7.89. The summed E-state index contributed by atoms with van der Waals surface area (Å²) in [5.74, 6) is -1.71. The highest BCUT2D eigenvalue weighted by Crippen LogP contribution is 2.27. The third-order valence-corrected chi connectivity index (χ3v) is 7.43. The van der Waals surface area contributed by atoms with Gasteiger partial charge >= 0.3 is 11.8 Å². The summed E-state index contributed by atoms with van der Waals surface area (Å²) in [6.07, 6.45) is 2.79. The van der Waals surface area contributed by atoms with E-state index in [2.05, 4.69) is 10.6 Å². The topological polar surface area (TPSA) is 119 Å². The molecule has 1 aliphatic rings. The van der Waals surface area contributed by atoms with Gasteiger partial charge in [-0.1, -0.05) is 36.2 Å². The Morgan fingerprint density at radius 2 is 1.81 bits per heavy atom. The maximum Gasteiger partial charge on any atom is 0.313 e. The molecular formula is C23H26N4O4S. The Hall–Kier alpha value is -3.22. The zero-order valence-electron chi connectivity index (χ0n) is 17.9. The molecule has 0 bridgehead atoms. The fourth-order valence-corrected chi connectivity index (χ4v) is 5.45. The summed E-state index contributed by atoms with van der Waals surface area (Å²) in [6, 6.07) is 14.9. The molecule has 0 saturated carbocycles. The molecule has 0 aliphatic carbocycles. The largest absolute Gasteiger partial charge is 0.348 e. The predicted octanol–water partition coefficient (Wildman–Crippen LogP) is 2.55. The highest BCUT2D eigenvalue weighted by Gasteiger charge is 2.33. The van der Waals surface area contributed by atoms with Crippen molar-refractivity contribution >= 4 is 27.5 Å². The number of amides is 2. The van der Waals surface area contributed by atoms with Crippen molar-refractivity contribution in [2.75, 3.05) is 18.4 Å². The lowest BCUT2D eigenvalue weighted by molar-refractivity contribution is -0.136. The normalized spacial score (nSPS) is 16.7. The van der Waals surface area contributed by atoms with Crippen LogP contribution in [-0.2, 0) is 19.6 Å². The fraction of sp³-hybridized carbons (Fsp3) is 0.348. The first kappa shape index (κ1) is 23.4. The molecule has 1 atom stereocenters. The van der Waals surface area contributed by atoms with E-state index in [0.717, 1.165) is 18.4 Å². The zero-order chi connectivity index (χ0) is 23.1. The molecule has 32 heavy (non-hydrogen) atoms. The average molecular weight is 455 g/mol. The van der Waals surface area contributed by atoms with Gasteiger partial charge in [-0.2, -0.15) is 9.57 Å². The summed E-state index contributed by atoms with van der Waals surface area (Å²) < 4.78 is 27.8. The number of para-hydroxylation sites is 1. The minimum atomic E-state index is -3.63. The van der Waals surface area contributed by atoms with Crippen LogP contribution in [0.25, 0.3) is 0 Å². The van der Waals surface area contributed by atoms with Crippen LogP contribution in [0.4, 0.5) is 5.69 Å². The lowest BCUT2D eigenvalue weighted by Gasteiger charge is -2.34. The van der Waals surface area contributed by atoms with Crippen LogP contribution in [0.15, 0.2) is 53.4 Å². The third kappa shape index (κ3) is 5.52. The van der Waals surface area contributed by atoms with Gasteiger partial charge in [0.15, 0.2) is 0 Å². The fourth-order valence-electron chi connectivity index (χ4n) is 3.73. The molecule has 0 aromatic heterocycles. The molecule has 3 rings (SSSR count). The number of benzene rings is 2. The van der Waals surface area contributed by atoms with Gasteiger partial charge in [-0.05, 0) is 50.5 Å². The number of aryl methyl sites for hydroxylation is 1. The summed E-state index contributed by atoms with van der Waals surface area (Å²) >= 11 is 0. The Morgan fingerprint density at radius 3 is 2.53 bits per heavy atom. The molecule has 1 fully saturated rings. The van der Waals surface area contributed by atoms with Crippen molar-refractivity contribution in [2.45, 2.75) is 43.5 Å². The van der Waals surface area contributed by atoms with Crippen LogP contribution >= 0.6 is 0 Å². The summed E-state index contributed by atoms with van der Waals surface area (Å²) in [6.45, 7) is 2.49. The van der Waals surface area contributed by atoms with Crippen LogP contribution in [0.2, 0.25) is 0 Å². The maximum absolute atomic E-state index is 13.1. The van der Waals surface area contributed by atoms with E-state index in [9.17, 15) is 18.0 Å². The zero-order valence-corrected chi connectivity index (χ0v) is 18.7. The summed E-state index contributed by atoms with van der Waals surface area (Å²) in [4.78, 5) is 24.6. The Balaban J connectivity index is 1.59. The SMILES string of the molecule is Cc1ccc(S(=O)(=O)N2CCCCC2CCNC(=O)C(=O)Nc2ccccc2C#N)cc1. The van der Waals surface area contributed by atoms with E-state index in [-0.39, 0.29) is 28.7 Å². The van der Waals surface area contributed by atoms with E-state index < -0.39 is 21.8 Å². The van der Waals surface area contributed by atoms with E-state index in [1.54, 1.807) is 48.5 Å². The number of nitrogens with one attached hydrogen (secondary N) is 2. The molecule has 2 aromatic rings. The van der Waals surface area contributed by atoms with Crippen molar-refractivity contribution in [1.29, 1.82) is 5.26 Å². The second-order valence-electron chi connectivity index (χ2n) is 7.73. The first-order valence-corrected chi connectivity index (χ1v) is 11.9. The van der Waals surface area contributed by atoms with Gasteiger partial charge in [-0.15, -0.1) is 0 Å². The molecule has 8 nitrogen and oxygen atoms in total. The van der Waals surface area contributed by atoms with Crippen molar-refractivity contribution in [2.24, 2.45) is 0 Å². The van der Waals surface area contributed by atoms with E-state index in [0.29, 0.717) is 19.4 Å². The van der Waals surface area contributed by atoms with Gasteiger partial charge in [0, 0.05) is 19.1 Å². The Bertz CT molecular complexity index is 1120. The molecule has 0 radical (unpaired) electrons. The van der Waals surface area contributed by atoms with E-state index in [1.165, 1.54) is 4.31 Å². The summed E-state index contributed by atoms with van der Waals surface area (Å²) in [5.41, 5.74) is 1.50. The lowest BCUT2D eigenvalue weighted by Crippen LogP contribution is -2.45. The van der Waals surface area contributed by atoms with Crippen molar-refractivity contribution in [3.05, 3.63) is 59.7 Å². The van der Waals surface area contributed by atoms with Crippen LogP contribution in [0.1, 0.15) is 36.8 Å². The van der Waals surface area contributed by atoms with Gasteiger partial charge in [-0.25, -0.2) is 8.42 Å². The van der Waals surface area contributed by atoms with Crippen LogP contribution in [-0.4, -0.2) is 43.7 Å². The van der Waals surface area contributed by atoms with Gasteiger partial charge in [0.1, 0.15) is 6.07 Å². The minimum absolute atomic E-state index is 0.163. The van der Waals surface area contributed by atoms with Crippen molar-refractivity contribution in [3.63, 3.8) is 0 Å². The summed E-state index contributed by atoms with van der Waals surface area (Å²) in [7, 11) is -3.63. The molecule has 168 valence electrons. The Kier molecular flexibility index (Phi) is 7.62. The monoisotopic (exact) mass is 454 g/mol. The molecule has 2 amide bonds.